The molecule has 3 nitrogen and oxygen atoms in total. The molecule has 1 heterocycles. The van der Waals surface area contributed by atoms with Crippen LogP contribution in [0.5, 0.6) is 0 Å². The fourth-order valence-corrected chi connectivity index (χ4v) is 2.22. The number of benzene rings is 1. The number of halogens is 3. The summed E-state index contributed by atoms with van der Waals surface area (Å²) >= 11 is 12.7. The smallest absolute Gasteiger partial charge is 0.144 e. The van der Waals surface area contributed by atoms with Crippen LogP contribution in [0.25, 0.3) is 0 Å². The number of aromatic nitrogens is 1. The topological polar surface area (TPSA) is 50.9 Å². The van der Waals surface area contributed by atoms with E-state index >= 15 is 0 Å². The van der Waals surface area contributed by atoms with Crippen LogP contribution in [-0.2, 0) is 0 Å². The Morgan fingerprint density at radius 3 is 2.59 bits per heavy atom. The average Bonchev–Trinajstić information content (AvgIpc) is 2.27. The van der Waals surface area contributed by atoms with Crippen LogP contribution < -0.4 is 11.1 Å². The lowest BCUT2D eigenvalue weighted by molar-refractivity contribution is 1.29. The van der Waals surface area contributed by atoms with Crippen molar-refractivity contribution in [3.05, 3.63) is 44.4 Å². The SMILES string of the molecule is Nc1cnc(Nc2ccc(Cl)c(Br)c2)c(Br)c1. The maximum absolute atomic E-state index is 5.92. The Morgan fingerprint density at radius 1 is 1.18 bits per heavy atom. The van der Waals surface area contributed by atoms with E-state index < -0.39 is 0 Å². The van der Waals surface area contributed by atoms with Gasteiger partial charge in [-0.1, -0.05) is 11.6 Å². The van der Waals surface area contributed by atoms with Crippen LogP contribution in [0.3, 0.4) is 0 Å². The Hall–Kier alpha value is -0.780. The third-order valence-electron chi connectivity index (χ3n) is 2.04. The van der Waals surface area contributed by atoms with Crippen LogP contribution in [-0.4, -0.2) is 4.98 Å². The Bertz CT molecular complexity index is 560. The molecule has 0 aliphatic heterocycles. The van der Waals surface area contributed by atoms with Crippen LogP contribution in [0.1, 0.15) is 0 Å². The molecule has 0 bridgehead atoms. The molecule has 0 unspecified atom stereocenters. The number of nitrogen functional groups attached to an aromatic ring is 1. The van der Waals surface area contributed by atoms with Crippen molar-refractivity contribution in [2.75, 3.05) is 11.1 Å². The van der Waals surface area contributed by atoms with E-state index in [1.165, 1.54) is 0 Å². The van der Waals surface area contributed by atoms with E-state index in [0.717, 1.165) is 14.6 Å². The number of nitrogens with two attached hydrogens (primary N) is 1. The second-order valence-electron chi connectivity index (χ2n) is 3.35. The predicted molar refractivity (Wildman–Crippen MR) is 78.8 cm³/mol. The van der Waals surface area contributed by atoms with Crippen molar-refractivity contribution in [2.45, 2.75) is 0 Å². The average molecular weight is 377 g/mol. The Kier molecular flexibility index (Phi) is 3.91. The lowest BCUT2D eigenvalue weighted by Crippen LogP contribution is -1.96. The molecule has 0 fully saturated rings. The van der Waals surface area contributed by atoms with Crippen LogP contribution in [0, 0.1) is 0 Å². The van der Waals surface area contributed by atoms with Gasteiger partial charge in [-0.05, 0) is 56.1 Å². The monoisotopic (exact) mass is 375 g/mol. The maximum atomic E-state index is 5.92. The van der Waals surface area contributed by atoms with Gasteiger partial charge in [-0.15, -0.1) is 0 Å². The molecular weight excluding hydrogens is 369 g/mol. The highest BCUT2D eigenvalue weighted by Crippen LogP contribution is 2.29. The van der Waals surface area contributed by atoms with Crippen molar-refractivity contribution in [1.82, 2.24) is 4.98 Å². The molecule has 0 amide bonds. The van der Waals surface area contributed by atoms with E-state index in [2.05, 4.69) is 42.2 Å². The van der Waals surface area contributed by atoms with Gasteiger partial charge in [0.2, 0.25) is 0 Å². The quantitative estimate of drug-likeness (QED) is 0.805. The molecule has 88 valence electrons. The molecule has 1 aromatic heterocycles. The standard InChI is InChI=1S/C11H8Br2ClN3/c12-8-4-7(1-2-10(8)14)17-11-9(13)3-6(15)5-16-11/h1-5H,15H2,(H,16,17). The van der Waals surface area contributed by atoms with Gasteiger partial charge in [-0.3, -0.25) is 0 Å². The van der Waals surface area contributed by atoms with Crippen molar-refractivity contribution in [1.29, 1.82) is 0 Å². The fourth-order valence-electron chi connectivity index (χ4n) is 1.26. The van der Waals surface area contributed by atoms with Gasteiger partial charge in [0, 0.05) is 10.2 Å². The summed E-state index contributed by atoms with van der Waals surface area (Å²) in [5, 5.41) is 3.83. The highest BCUT2D eigenvalue weighted by Gasteiger charge is 2.04. The lowest BCUT2D eigenvalue weighted by atomic mass is 10.3. The van der Waals surface area contributed by atoms with Gasteiger partial charge in [0.15, 0.2) is 0 Å². The van der Waals surface area contributed by atoms with E-state index in [9.17, 15) is 0 Å². The molecule has 1 aromatic carbocycles. The second-order valence-corrected chi connectivity index (χ2v) is 5.47. The van der Waals surface area contributed by atoms with Gasteiger partial charge in [0.25, 0.3) is 0 Å². The van der Waals surface area contributed by atoms with Crippen molar-refractivity contribution >= 4 is 60.7 Å². The first-order valence-corrected chi connectivity index (χ1v) is 6.66. The summed E-state index contributed by atoms with van der Waals surface area (Å²) in [6, 6.07) is 7.35. The molecule has 6 heteroatoms. The lowest BCUT2D eigenvalue weighted by Gasteiger charge is -2.08. The molecule has 0 saturated heterocycles. The number of pyridine rings is 1. The summed E-state index contributed by atoms with van der Waals surface area (Å²) in [6.45, 7) is 0. The summed E-state index contributed by atoms with van der Waals surface area (Å²) in [5.74, 6) is 0.702. The Labute approximate surface area is 121 Å². The highest BCUT2D eigenvalue weighted by molar-refractivity contribution is 9.11. The molecular formula is C11H8Br2ClN3. The summed E-state index contributed by atoms with van der Waals surface area (Å²) in [4.78, 5) is 4.19. The van der Waals surface area contributed by atoms with E-state index in [4.69, 9.17) is 17.3 Å². The first kappa shape index (κ1) is 12.7. The van der Waals surface area contributed by atoms with Gasteiger partial charge in [-0.2, -0.15) is 0 Å². The Balaban J connectivity index is 2.28. The maximum Gasteiger partial charge on any atom is 0.144 e. The summed E-state index contributed by atoms with van der Waals surface area (Å²) in [7, 11) is 0. The fraction of sp³-hybridized carbons (Fsp3) is 0. The van der Waals surface area contributed by atoms with Crippen LogP contribution in [0.4, 0.5) is 17.2 Å². The minimum atomic E-state index is 0.611. The molecule has 2 rings (SSSR count). The number of anilines is 3. The van der Waals surface area contributed by atoms with Crippen molar-refractivity contribution in [2.24, 2.45) is 0 Å². The van der Waals surface area contributed by atoms with Crippen molar-refractivity contribution in [3.8, 4) is 0 Å². The molecule has 2 aromatic rings. The third-order valence-corrected chi connectivity index (χ3v) is 3.86. The highest BCUT2D eigenvalue weighted by atomic mass is 79.9. The molecule has 0 aliphatic rings. The first-order valence-electron chi connectivity index (χ1n) is 4.69. The van der Waals surface area contributed by atoms with E-state index in [0.29, 0.717) is 16.5 Å². The molecule has 0 atom stereocenters. The number of nitrogens with one attached hydrogen (secondary N) is 1. The minimum Gasteiger partial charge on any atom is -0.397 e. The molecule has 17 heavy (non-hydrogen) atoms. The summed E-state index contributed by atoms with van der Waals surface area (Å²) < 4.78 is 1.64. The second kappa shape index (κ2) is 5.25. The molecule has 0 saturated carbocycles. The van der Waals surface area contributed by atoms with Crippen LogP contribution in [0.15, 0.2) is 39.4 Å². The van der Waals surface area contributed by atoms with Gasteiger partial charge in [-0.25, -0.2) is 4.98 Å². The van der Waals surface area contributed by atoms with Gasteiger partial charge < -0.3 is 11.1 Å². The molecule has 0 radical (unpaired) electrons. The zero-order chi connectivity index (χ0) is 12.4. The van der Waals surface area contributed by atoms with E-state index in [-0.39, 0.29) is 0 Å². The number of hydrogen-bond acceptors (Lipinski definition) is 3. The zero-order valence-electron chi connectivity index (χ0n) is 8.55. The number of hydrogen-bond donors (Lipinski definition) is 2. The number of nitrogens with zero attached hydrogens (tertiary/aromatic N) is 1. The van der Waals surface area contributed by atoms with Crippen molar-refractivity contribution < 1.29 is 0 Å². The predicted octanol–water partition coefficient (Wildman–Crippen LogP) is 4.59. The van der Waals surface area contributed by atoms with Gasteiger partial charge in [0.1, 0.15) is 5.82 Å². The molecule has 0 spiro atoms. The molecule has 3 N–H and O–H groups in total. The van der Waals surface area contributed by atoms with Crippen molar-refractivity contribution in [3.63, 3.8) is 0 Å². The summed E-state index contributed by atoms with van der Waals surface area (Å²) in [5.41, 5.74) is 7.12. The first-order chi connectivity index (χ1) is 8.06. The third kappa shape index (κ3) is 3.12. The Morgan fingerprint density at radius 2 is 1.94 bits per heavy atom. The van der Waals surface area contributed by atoms with Crippen LogP contribution >= 0.6 is 43.5 Å². The number of rotatable bonds is 2. The normalized spacial score (nSPS) is 10.3. The van der Waals surface area contributed by atoms with Gasteiger partial charge in [0.05, 0.1) is 21.4 Å². The largest absolute Gasteiger partial charge is 0.397 e. The van der Waals surface area contributed by atoms with E-state index in [1.807, 2.05) is 12.1 Å². The van der Waals surface area contributed by atoms with Crippen LogP contribution in [0.2, 0.25) is 5.02 Å². The summed E-state index contributed by atoms with van der Waals surface area (Å²) in [6.07, 6.45) is 1.60. The van der Waals surface area contributed by atoms with Gasteiger partial charge >= 0.3 is 0 Å². The zero-order valence-corrected chi connectivity index (χ0v) is 12.5. The van der Waals surface area contributed by atoms with E-state index in [1.54, 1.807) is 18.3 Å². The minimum absolute atomic E-state index is 0.611. The molecule has 0 aliphatic carbocycles.